The molecule has 0 fully saturated rings. The van der Waals surface area contributed by atoms with Crippen molar-refractivity contribution in [1.29, 1.82) is 0 Å². The lowest BCUT2D eigenvalue weighted by Gasteiger charge is -2.21. The topological polar surface area (TPSA) is 12.0 Å². The first-order valence-corrected chi connectivity index (χ1v) is 8.42. The molecule has 0 saturated carbocycles. The lowest BCUT2D eigenvalue weighted by Crippen LogP contribution is -2.30. The van der Waals surface area contributed by atoms with Gasteiger partial charge in [-0.25, -0.2) is 0 Å². The van der Waals surface area contributed by atoms with Crippen molar-refractivity contribution >= 4 is 46.1 Å². The number of halogens is 3. The van der Waals surface area contributed by atoms with Crippen molar-refractivity contribution in [3.05, 3.63) is 55.2 Å². The Bertz CT molecular complexity index is 569. The molecule has 1 nitrogen and oxygen atoms in total. The lowest BCUT2D eigenvalue weighted by atomic mass is 10.1. The molecule has 20 heavy (non-hydrogen) atoms. The van der Waals surface area contributed by atoms with E-state index in [1.165, 1.54) is 4.88 Å². The molecule has 0 aliphatic heterocycles. The number of nitrogens with one attached hydrogen (secondary N) is 1. The molecule has 1 aromatic carbocycles. The Morgan fingerprint density at radius 1 is 1.10 bits per heavy atom. The molecule has 108 valence electrons. The van der Waals surface area contributed by atoms with Gasteiger partial charge in [0.2, 0.25) is 0 Å². The third-order valence-electron chi connectivity index (χ3n) is 3.15. The predicted molar refractivity (Wildman–Crippen MR) is 90.5 cm³/mol. The second-order valence-electron chi connectivity index (χ2n) is 4.84. The van der Waals surface area contributed by atoms with E-state index in [0.29, 0.717) is 21.1 Å². The van der Waals surface area contributed by atoms with E-state index in [1.807, 2.05) is 6.07 Å². The fourth-order valence-electron chi connectivity index (χ4n) is 2.18. The van der Waals surface area contributed by atoms with Crippen LogP contribution in [-0.4, -0.2) is 6.04 Å². The van der Waals surface area contributed by atoms with Crippen LogP contribution in [0.5, 0.6) is 0 Å². The maximum absolute atomic E-state index is 6.27. The van der Waals surface area contributed by atoms with Crippen LogP contribution in [0, 0.1) is 0 Å². The lowest BCUT2D eigenvalue weighted by molar-refractivity contribution is 0.479. The van der Waals surface area contributed by atoms with Gasteiger partial charge >= 0.3 is 0 Å². The highest BCUT2D eigenvalue weighted by Gasteiger charge is 2.16. The summed E-state index contributed by atoms with van der Waals surface area (Å²) in [6.45, 7) is 4.25. The summed E-state index contributed by atoms with van der Waals surface area (Å²) in [5.41, 5.74) is 0.971. The monoisotopic (exact) mass is 347 g/mol. The summed E-state index contributed by atoms with van der Waals surface area (Å²) in [6.07, 6.45) is 1.00. The Hall–Kier alpha value is -0.250. The zero-order valence-electron chi connectivity index (χ0n) is 11.3. The van der Waals surface area contributed by atoms with Gasteiger partial charge in [0.15, 0.2) is 0 Å². The van der Waals surface area contributed by atoms with Crippen molar-refractivity contribution in [2.24, 2.45) is 0 Å². The highest BCUT2D eigenvalue weighted by atomic mass is 35.5. The minimum Gasteiger partial charge on any atom is -0.307 e. The van der Waals surface area contributed by atoms with Crippen LogP contribution < -0.4 is 5.32 Å². The summed E-state index contributed by atoms with van der Waals surface area (Å²) in [7, 11) is 0. The van der Waals surface area contributed by atoms with E-state index < -0.39 is 0 Å². The summed E-state index contributed by atoms with van der Waals surface area (Å²) in [5.74, 6) is 0. The number of thiophene rings is 1. The van der Waals surface area contributed by atoms with E-state index in [-0.39, 0.29) is 6.04 Å². The number of rotatable bonds is 5. The Kier molecular flexibility index (Phi) is 5.76. The summed E-state index contributed by atoms with van der Waals surface area (Å²) in [6, 6.07) is 8.41. The van der Waals surface area contributed by atoms with Crippen LogP contribution in [-0.2, 0) is 6.42 Å². The van der Waals surface area contributed by atoms with Crippen LogP contribution in [0.25, 0.3) is 0 Å². The van der Waals surface area contributed by atoms with Crippen LogP contribution in [0.2, 0.25) is 15.1 Å². The van der Waals surface area contributed by atoms with Gasteiger partial charge in [0.25, 0.3) is 0 Å². The Morgan fingerprint density at radius 3 is 2.50 bits per heavy atom. The zero-order chi connectivity index (χ0) is 14.7. The first-order valence-electron chi connectivity index (χ1n) is 6.41. The molecule has 2 rings (SSSR count). The molecule has 0 aliphatic carbocycles. The van der Waals surface area contributed by atoms with Crippen LogP contribution in [0.1, 0.15) is 30.3 Å². The van der Waals surface area contributed by atoms with Gasteiger partial charge in [-0.05, 0) is 43.3 Å². The van der Waals surface area contributed by atoms with E-state index >= 15 is 0 Å². The number of hydrogen-bond acceptors (Lipinski definition) is 2. The van der Waals surface area contributed by atoms with Crippen molar-refractivity contribution in [3.8, 4) is 0 Å². The van der Waals surface area contributed by atoms with E-state index in [1.54, 1.807) is 17.4 Å². The van der Waals surface area contributed by atoms with Crippen molar-refractivity contribution in [3.63, 3.8) is 0 Å². The maximum Gasteiger partial charge on any atom is 0.0781 e. The molecule has 2 aromatic rings. The van der Waals surface area contributed by atoms with E-state index in [2.05, 4.69) is 36.7 Å². The molecule has 1 N–H and O–H groups in total. The molecule has 1 aromatic heterocycles. The molecule has 2 unspecified atom stereocenters. The van der Waals surface area contributed by atoms with Gasteiger partial charge in [-0.15, -0.1) is 11.3 Å². The van der Waals surface area contributed by atoms with Crippen molar-refractivity contribution in [1.82, 2.24) is 5.32 Å². The highest BCUT2D eigenvalue weighted by Crippen LogP contribution is 2.35. The third kappa shape index (κ3) is 3.90. The normalized spacial score (nSPS) is 14.2. The summed E-state index contributed by atoms with van der Waals surface area (Å²) in [4.78, 5) is 1.37. The van der Waals surface area contributed by atoms with Crippen LogP contribution in [0.4, 0.5) is 0 Å². The Morgan fingerprint density at radius 2 is 1.85 bits per heavy atom. The van der Waals surface area contributed by atoms with Crippen LogP contribution in [0.3, 0.4) is 0 Å². The quantitative estimate of drug-likeness (QED) is 0.654. The standard InChI is InChI=1S/C15H16Cl3NS/c1-9(8-11-4-3-7-20-11)19-10(2)12-5-6-13(16)15(18)14(12)17/h3-7,9-10,19H,8H2,1-2H3. The predicted octanol–water partition coefficient (Wildman–Crippen LogP) is 5.99. The summed E-state index contributed by atoms with van der Waals surface area (Å²) in [5, 5.41) is 7.08. The molecule has 2 atom stereocenters. The van der Waals surface area contributed by atoms with E-state index in [9.17, 15) is 0 Å². The third-order valence-corrected chi connectivity index (χ3v) is 5.36. The van der Waals surface area contributed by atoms with Crippen LogP contribution in [0.15, 0.2) is 29.6 Å². The van der Waals surface area contributed by atoms with Gasteiger partial charge < -0.3 is 5.32 Å². The average Bonchev–Trinajstić information content (AvgIpc) is 2.88. The van der Waals surface area contributed by atoms with Gasteiger partial charge in [0, 0.05) is 17.0 Å². The summed E-state index contributed by atoms with van der Waals surface area (Å²) < 4.78 is 0. The van der Waals surface area contributed by atoms with Gasteiger partial charge in [-0.2, -0.15) is 0 Å². The van der Waals surface area contributed by atoms with Crippen molar-refractivity contribution < 1.29 is 0 Å². The first kappa shape index (κ1) is 16.1. The molecule has 0 spiro atoms. The van der Waals surface area contributed by atoms with Crippen molar-refractivity contribution in [2.45, 2.75) is 32.4 Å². The van der Waals surface area contributed by atoms with E-state index in [0.717, 1.165) is 12.0 Å². The number of benzene rings is 1. The fraction of sp³-hybridized carbons (Fsp3) is 0.333. The largest absolute Gasteiger partial charge is 0.307 e. The van der Waals surface area contributed by atoms with Gasteiger partial charge in [0.05, 0.1) is 15.1 Å². The minimum atomic E-state index is 0.118. The maximum atomic E-state index is 6.27. The second kappa shape index (κ2) is 7.15. The van der Waals surface area contributed by atoms with Gasteiger partial charge in [-0.3, -0.25) is 0 Å². The fourth-order valence-corrected chi connectivity index (χ4v) is 3.72. The minimum absolute atomic E-state index is 0.118. The molecule has 0 aliphatic rings. The molecule has 5 heteroatoms. The molecule has 0 saturated heterocycles. The SMILES string of the molecule is CC(Cc1cccs1)NC(C)c1ccc(Cl)c(Cl)c1Cl. The molecule has 0 bridgehead atoms. The Labute approximate surface area is 138 Å². The smallest absolute Gasteiger partial charge is 0.0781 e. The second-order valence-corrected chi connectivity index (χ2v) is 7.03. The highest BCUT2D eigenvalue weighted by molar-refractivity contribution is 7.09. The van der Waals surface area contributed by atoms with Crippen LogP contribution >= 0.6 is 46.1 Å². The molecule has 0 amide bonds. The van der Waals surface area contributed by atoms with Gasteiger partial charge in [0.1, 0.15) is 0 Å². The van der Waals surface area contributed by atoms with Crippen molar-refractivity contribution in [2.75, 3.05) is 0 Å². The molecule has 0 radical (unpaired) electrons. The Balaban J connectivity index is 2.04. The zero-order valence-corrected chi connectivity index (χ0v) is 14.4. The molecule has 1 heterocycles. The summed E-state index contributed by atoms with van der Waals surface area (Å²) >= 11 is 20.1. The molecular weight excluding hydrogens is 333 g/mol. The molecular formula is C15H16Cl3NS. The van der Waals surface area contributed by atoms with E-state index in [4.69, 9.17) is 34.8 Å². The first-order chi connectivity index (χ1) is 9.49. The number of hydrogen-bond donors (Lipinski definition) is 1. The van der Waals surface area contributed by atoms with Gasteiger partial charge in [-0.1, -0.05) is 46.9 Å². The average molecular weight is 349 g/mol.